The molecule has 0 saturated carbocycles. The molecule has 0 spiro atoms. The van der Waals surface area contributed by atoms with E-state index in [0.29, 0.717) is 31.1 Å². The quantitative estimate of drug-likeness (QED) is 0.807. The van der Waals surface area contributed by atoms with Crippen LogP contribution < -0.4 is 25.7 Å². The Morgan fingerprint density at radius 3 is 2.48 bits per heavy atom. The molecule has 0 radical (unpaired) electrons. The zero-order valence-corrected chi connectivity index (χ0v) is 14.7. The topological polar surface area (TPSA) is 81.6 Å². The summed E-state index contributed by atoms with van der Waals surface area (Å²) in [7, 11) is 1.52. The van der Waals surface area contributed by atoms with Gasteiger partial charge in [-0.1, -0.05) is 0 Å². The molecule has 0 aliphatic rings. The van der Waals surface area contributed by atoms with Gasteiger partial charge in [-0.15, -0.1) is 0 Å². The Hall–Kier alpha value is -2.96. The van der Waals surface area contributed by atoms with Crippen LogP contribution >= 0.6 is 0 Å². The first-order valence-corrected chi connectivity index (χ1v) is 8.06. The summed E-state index contributed by atoms with van der Waals surface area (Å²) in [5, 5.41) is 5.46. The van der Waals surface area contributed by atoms with Crippen molar-refractivity contribution in [1.29, 1.82) is 0 Å². The Balaban J connectivity index is 1.85. The molecule has 2 aromatic rings. The Kier molecular flexibility index (Phi) is 6.45. The Morgan fingerprint density at radius 1 is 1.16 bits per heavy atom. The first kappa shape index (κ1) is 18.4. The van der Waals surface area contributed by atoms with Crippen molar-refractivity contribution >= 4 is 11.7 Å². The average Bonchev–Trinajstić information content (AvgIpc) is 2.59. The molecule has 7 heteroatoms. The van der Waals surface area contributed by atoms with Crippen LogP contribution in [-0.2, 0) is 6.54 Å². The van der Waals surface area contributed by atoms with Gasteiger partial charge in [-0.3, -0.25) is 4.79 Å². The molecule has 0 fully saturated rings. The van der Waals surface area contributed by atoms with Gasteiger partial charge in [0, 0.05) is 30.5 Å². The van der Waals surface area contributed by atoms with E-state index in [4.69, 9.17) is 9.47 Å². The van der Waals surface area contributed by atoms with Gasteiger partial charge in [-0.05, 0) is 44.2 Å². The molecule has 0 atom stereocenters. The SMILES string of the molecule is CCOc1ccc(NC(=O)NCCn2c(C)cc(OC)cc2=O)cc1. The van der Waals surface area contributed by atoms with E-state index < -0.39 is 0 Å². The first-order chi connectivity index (χ1) is 12.0. The van der Waals surface area contributed by atoms with E-state index in [2.05, 4.69) is 10.6 Å². The average molecular weight is 345 g/mol. The second-order valence-electron chi connectivity index (χ2n) is 5.36. The molecule has 1 heterocycles. The highest BCUT2D eigenvalue weighted by atomic mass is 16.5. The zero-order chi connectivity index (χ0) is 18.2. The molecule has 134 valence electrons. The van der Waals surface area contributed by atoms with Gasteiger partial charge in [0.05, 0.1) is 13.7 Å². The highest BCUT2D eigenvalue weighted by molar-refractivity contribution is 5.89. The molecule has 2 amide bonds. The molecule has 0 bridgehead atoms. The number of benzene rings is 1. The lowest BCUT2D eigenvalue weighted by molar-refractivity contribution is 0.251. The van der Waals surface area contributed by atoms with Crippen LogP contribution in [0.1, 0.15) is 12.6 Å². The lowest BCUT2D eigenvalue weighted by Gasteiger charge is -2.12. The summed E-state index contributed by atoms with van der Waals surface area (Å²) in [5.41, 5.74) is 1.28. The number of aryl methyl sites for hydroxylation is 1. The van der Waals surface area contributed by atoms with Crippen LogP contribution in [0.2, 0.25) is 0 Å². The fourth-order valence-corrected chi connectivity index (χ4v) is 2.36. The van der Waals surface area contributed by atoms with Crippen LogP contribution in [0, 0.1) is 6.92 Å². The van der Waals surface area contributed by atoms with Gasteiger partial charge in [0.1, 0.15) is 11.5 Å². The summed E-state index contributed by atoms with van der Waals surface area (Å²) in [5.74, 6) is 1.28. The maximum Gasteiger partial charge on any atom is 0.319 e. The predicted molar refractivity (Wildman–Crippen MR) is 96.6 cm³/mol. The van der Waals surface area contributed by atoms with Crippen molar-refractivity contribution in [2.24, 2.45) is 0 Å². The van der Waals surface area contributed by atoms with E-state index in [1.807, 2.05) is 13.8 Å². The van der Waals surface area contributed by atoms with Crippen LogP contribution in [0.4, 0.5) is 10.5 Å². The lowest BCUT2D eigenvalue weighted by atomic mass is 10.3. The van der Waals surface area contributed by atoms with Crippen molar-refractivity contribution in [3.05, 3.63) is 52.4 Å². The molecular formula is C18H23N3O4. The number of pyridine rings is 1. The number of anilines is 1. The van der Waals surface area contributed by atoms with Crippen molar-refractivity contribution in [3.63, 3.8) is 0 Å². The summed E-state index contributed by atoms with van der Waals surface area (Å²) in [6, 6.07) is 9.99. The van der Waals surface area contributed by atoms with E-state index >= 15 is 0 Å². The predicted octanol–water partition coefficient (Wildman–Crippen LogP) is 2.39. The number of methoxy groups -OCH3 is 1. The van der Waals surface area contributed by atoms with E-state index in [0.717, 1.165) is 11.4 Å². The monoisotopic (exact) mass is 345 g/mol. The summed E-state index contributed by atoms with van der Waals surface area (Å²) in [4.78, 5) is 23.9. The van der Waals surface area contributed by atoms with Crippen molar-refractivity contribution < 1.29 is 14.3 Å². The number of amides is 2. The van der Waals surface area contributed by atoms with Crippen LogP contribution in [-0.4, -0.2) is 30.9 Å². The maximum atomic E-state index is 12.0. The fraction of sp³-hybridized carbons (Fsp3) is 0.333. The second-order valence-corrected chi connectivity index (χ2v) is 5.36. The molecule has 0 aliphatic heterocycles. The van der Waals surface area contributed by atoms with E-state index in [9.17, 15) is 9.59 Å². The molecule has 7 nitrogen and oxygen atoms in total. The largest absolute Gasteiger partial charge is 0.496 e. The summed E-state index contributed by atoms with van der Waals surface area (Å²) in [6.07, 6.45) is 0. The van der Waals surface area contributed by atoms with Crippen LogP contribution in [0.25, 0.3) is 0 Å². The van der Waals surface area contributed by atoms with Crippen molar-refractivity contribution in [1.82, 2.24) is 9.88 Å². The number of urea groups is 1. The molecule has 0 saturated heterocycles. The smallest absolute Gasteiger partial charge is 0.319 e. The first-order valence-electron chi connectivity index (χ1n) is 8.06. The molecule has 25 heavy (non-hydrogen) atoms. The summed E-state index contributed by atoms with van der Waals surface area (Å²) < 4.78 is 12.0. The molecule has 0 unspecified atom stereocenters. The number of aromatic nitrogens is 1. The Morgan fingerprint density at radius 2 is 1.88 bits per heavy atom. The minimum Gasteiger partial charge on any atom is -0.496 e. The van der Waals surface area contributed by atoms with E-state index in [1.54, 1.807) is 34.9 Å². The van der Waals surface area contributed by atoms with Crippen LogP contribution in [0.5, 0.6) is 11.5 Å². The minimum absolute atomic E-state index is 0.162. The van der Waals surface area contributed by atoms with Crippen molar-refractivity contribution in [2.45, 2.75) is 20.4 Å². The highest BCUT2D eigenvalue weighted by Crippen LogP contribution is 2.15. The molecule has 0 aliphatic carbocycles. The highest BCUT2D eigenvalue weighted by Gasteiger charge is 2.05. The van der Waals surface area contributed by atoms with Crippen molar-refractivity contribution in [3.8, 4) is 11.5 Å². The van der Waals surface area contributed by atoms with E-state index in [-0.39, 0.29) is 11.6 Å². The summed E-state index contributed by atoms with van der Waals surface area (Å²) in [6.45, 7) is 5.04. The number of carbonyl (C=O) groups excluding carboxylic acids is 1. The van der Waals surface area contributed by atoms with Crippen molar-refractivity contribution in [2.75, 3.05) is 25.6 Å². The second kappa shape index (κ2) is 8.77. The van der Waals surface area contributed by atoms with Gasteiger partial charge in [-0.25, -0.2) is 4.79 Å². The summed E-state index contributed by atoms with van der Waals surface area (Å²) >= 11 is 0. The van der Waals surface area contributed by atoms with Crippen LogP contribution in [0.15, 0.2) is 41.2 Å². The molecule has 1 aromatic carbocycles. The minimum atomic E-state index is -0.330. The van der Waals surface area contributed by atoms with Gasteiger partial charge in [0.2, 0.25) is 0 Å². The molecule has 2 rings (SSSR count). The van der Waals surface area contributed by atoms with E-state index in [1.165, 1.54) is 13.2 Å². The third-order valence-corrected chi connectivity index (χ3v) is 3.59. The van der Waals surface area contributed by atoms with Crippen LogP contribution in [0.3, 0.4) is 0 Å². The third-order valence-electron chi connectivity index (χ3n) is 3.59. The zero-order valence-electron chi connectivity index (χ0n) is 14.7. The van der Waals surface area contributed by atoms with Gasteiger partial charge in [0.25, 0.3) is 5.56 Å². The fourth-order valence-electron chi connectivity index (χ4n) is 2.36. The number of hydrogen-bond donors (Lipinski definition) is 2. The lowest BCUT2D eigenvalue weighted by Crippen LogP contribution is -2.34. The maximum absolute atomic E-state index is 12.0. The van der Waals surface area contributed by atoms with Gasteiger partial charge >= 0.3 is 6.03 Å². The Bertz CT molecular complexity index is 769. The molecule has 2 N–H and O–H groups in total. The number of carbonyl (C=O) groups is 1. The Labute approximate surface area is 146 Å². The number of hydrogen-bond acceptors (Lipinski definition) is 4. The van der Waals surface area contributed by atoms with Gasteiger partial charge in [-0.2, -0.15) is 0 Å². The third kappa shape index (κ3) is 5.27. The number of ether oxygens (including phenoxy) is 2. The molecule has 1 aromatic heterocycles. The molecular weight excluding hydrogens is 322 g/mol. The number of nitrogens with one attached hydrogen (secondary N) is 2. The van der Waals surface area contributed by atoms with Gasteiger partial charge in [0.15, 0.2) is 0 Å². The number of nitrogens with zero attached hydrogens (tertiary/aromatic N) is 1. The number of rotatable bonds is 7. The standard InChI is InChI=1S/C18H23N3O4/c1-4-25-15-7-5-14(6-8-15)20-18(23)19-9-10-21-13(2)11-16(24-3)12-17(21)22/h5-8,11-12H,4,9-10H2,1-3H3,(H2,19,20,23). The van der Waals surface area contributed by atoms with Gasteiger partial charge < -0.3 is 24.7 Å². The normalized spacial score (nSPS) is 10.2.